The third-order valence-corrected chi connectivity index (χ3v) is 13.2. The molecule has 1 unspecified atom stereocenters. The van der Waals surface area contributed by atoms with Crippen molar-refractivity contribution in [2.75, 3.05) is 11.5 Å². The molecule has 0 radical (unpaired) electrons. The van der Waals surface area contributed by atoms with Gasteiger partial charge in [0.15, 0.2) is 0 Å². The summed E-state index contributed by atoms with van der Waals surface area (Å²) in [6.45, 7) is 2.16. The van der Waals surface area contributed by atoms with Gasteiger partial charge in [0.1, 0.15) is 28.8 Å². The van der Waals surface area contributed by atoms with E-state index in [-0.39, 0.29) is 22.6 Å². The Morgan fingerprint density at radius 2 is 1.53 bits per heavy atom. The summed E-state index contributed by atoms with van der Waals surface area (Å²) in [7, 11) is 0. The van der Waals surface area contributed by atoms with E-state index in [1.165, 1.54) is 29.8 Å². The van der Waals surface area contributed by atoms with Gasteiger partial charge in [0.2, 0.25) is 0 Å². The minimum atomic E-state index is -5.58. The molecule has 2 fully saturated rings. The average molecular weight is 770 g/mol. The number of hydrogen-bond donors (Lipinski definition) is 0. The van der Waals surface area contributed by atoms with Crippen molar-refractivity contribution in [2.24, 2.45) is 23.2 Å². The Balaban J connectivity index is 1.10. The lowest BCUT2D eigenvalue weighted by molar-refractivity contribution is -0.384. The molecule has 53 heavy (non-hydrogen) atoms. The molecule has 0 spiro atoms. The number of halogens is 5. The first-order chi connectivity index (χ1) is 25.1. The van der Waals surface area contributed by atoms with Crippen LogP contribution in [0.3, 0.4) is 0 Å². The molecule has 3 aliphatic rings. The Morgan fingerprint density at radius 1 is 0.906 bits per heavy atom. The Bertz CT molecular complexity index is 1590. The number of Topliss-reactive ketones (excluding diaryl/α,β-unsaturated/α-hetero) is 1. The fourth-order valence-electron chi connectivity index (χ4n) is 8.99. The zero-order valence-corrected chi connectivity index (χ0v) is 30.8. The minimum absolute atomic E-state index is 0.122. The lowest BCUT2D eigenvalue weighted by atomic mass is 9.52. The predicted molar refractivity (Wildman–Crippen MR) is 190 cm³/mol. The molecule has 0 N–H and O–H groups in total. The van der Waals surface area contributed by atoms with Crippen molar-refractivity contribution in [1.82, 2.24) is 0 Å². The number of carbonyl (C=O) groups excluding carboxylic acids is 2. The molecule has 8 nitrogen and oxygen atoms in total. The molecule has 2 aromatic rings. The van der Waals surface area contributed by atoms with E-state index in [9.17, 15) is 46.2 Å². The van der Waals surface area contributed by atoms with Crippen LogP contribution in [0, 0.1) is 33.3 Å². The largest absolute Gasteiger partial charge is 0.616 e. The number of rotatable bonds is 17. The zero-order chi connectivity index (χ0) is 38.4. The van der Waals surface area contributed by atoms with E-state index >= 15 is 0 Å². The average Bonchev–Trinajstić information content (AvgIpc) is 3.40. The van der Waals surface area contributed by atoms with Crippen molar-refractivity contribution in [3.8, 4) is 11.5 Å². The van der Waals surface area contributed by atoms with Crippen LogP contribution in [-0.4, -0.2) is 45.0 Å². The molecule has 0 amide bonds. The van der Waals surface area contributed by atoms with Gasteiger partial charge in [-0.3, -0.25) is 14.9 Å². The van der Waals surface area contributed by atoms with Gasteiger partial charge < -0.3 is 14.0 Å². The monoisotopic (exact) mass is 769 g/mol. The third-order valence-electron chi connectivity index (χ3n) is 11.8. The van der Waals surface area contributed by atoms with Crippen molar-refractivity contribution < 1.29 is 50.5 Å². The number of unbranched alkanes of at least 4 members (excludes halogenated alkanes) is 6. The molecule has 292 valence electrons. The topological polar surface area (TPSA) is 119 Å². The van der Waals surface area contributed by atoms with Crippen LogP contribution in [-0.2, 0) is 22.4 Å². The number of nitrogens with zero attached hydrogens (tertiary/aromatic N) is 1. The number of hydrogen-bond acceptors (Lipinski definition) is 7. The van der Waals surface area contributed by atoms with Crippen LogP contribution in [0.15, 0.2) is 42.5 Å². The molecule has 0 aromatic heterocycles. The predicted octanol–water partition coefficient (Wildman–Crippen LogP) is 10.7. The van der Waals surface area contributed by atoms with Crippen LogP contribution in [0.2, 0.25) is 0 Å². The van der Waals surface area contributed by atoms with E-state index in [1.54, 1.807) is 6.07 Å². The summed E-state index contributed by atoms with van der Waals surface area (Å²) in [4.78, 5) is 36.0. The number of nitro benzene ring substituents is 1. The highest BCUT2D eigenvalue weighted by atomic mass is 32.2. The summed E-state index contributed by atoms with van der Waals surface area (Å²) < 4.78 is 85.8. The Morgan fingerprint density at radius 3 is 2.21 bits per heavy atom. The number of carbonyl (C=O) groups is 2. The molecule has 0 aliphatic heterocycles. The van der Waals surface area contributed by atoms with Gasteiger partial charge in [-0.05, 0) is 110 Å². The highest BCUT2D eigenvalue weighted by molar-refractivity contribution is 7.91. The number of benzene rings is 2. The van der Waals surface area contributed by atoms with Gasteiger partial charge in [-0.2, -0.15) is 22.0 Å². The molecule has 0 heterocycles. The molecule has 5 rings (SSSR count). The van der Waals surface area contributed by atoms with Gasteiger partial charge in [-0.15, -0.1) is 0 Å². The van der Waals surface area contributed by atoms with E-state index in [0.29, 0.717) is 53.8 Å². The van der Waals surface area contributed by atoms with Gasteiger partial charge in [-0.1, -0.05) is 56.3 Å². The zero-order valence-electron chi connectivity index (χ0n) is 30.0. The van der Waals surface area contributed by atoms with E-state index in [1.807, 2.05) is 12.1 Å². The Hall–Kier alpha value is -3.26. The molecule has 0 saturated heterocycles. The standard InChI is InChI=1S/C39H48F5NO7S/c1-37-21-19-32-31-16-15-30(52-36(47)51-29-13-11-28(12-14-29)45(48)49)25-27(31)24-26(35(32)33(37)17-18-34(37)46)10-7-5-3-2-4-6-8-22-53(50)23-9-20-38(40,41)39(42,43)44/h11-16,25-26,32-33,35H,2-10,17-24H2,1H3/t26-,32-,33+,35-,37+,53?/m1/s1. The third kappa shape index (κ3) is 10.1. The van der Waals surface area contributed by atoms with Crippen LogP contribution < -0.4 is 9.47 Å². The van der Waals surface area contributed by atoms with Gasteiger partial charge in [0.25, 0.3) is 5.69 Å². The maximum Gasteiger partial charge on any atom is 0.519 e. The number of nitro groups is 1. The quantitative estimate of drug-likeness (QED) is 0.0299. The van der Waals surface area contributed by atoms with Crippen LogP contribution in [0.5, 0.6) is 11.5 Å². The summed E-state index contributed by atoms with van der Waals surface area (Å²) in [6, 6.07) is 10.9. The first kappa shape index (κ1) is 40.9. The number of fused-ring (bicyclic) bond motifs is 5. The van der Waals surface area contributed by atoms with Gasteiger partial charge in [0.05, 0.1) is 4.92 Å². The first-order valence-corrected chi connectivity index (χ1v) is 20.2. The second-order valence-electron chi connectivity index (χ2n) is 15.2. The SMILES string of the molecule is C[C@]12CC[C@@H]3c4ccc(OC(=O)Oc5ccc([N+](=O)[O-])cc5)cc4C[C@@H](CCCCCCCCC[S+]([O-])CCCC(F)(F)C(F)(F)F)[C@H]3[C@@H]1CCC2=O. The maximum atomic E-state index is 13.1. The molecule has 3 aliphatic carbocycles. The molecule has 14 heteroatoms. The van der Waals surface area contributed by atoms with Crippen molar-refractivity contribution in [2.45, 2.75) is 121 Å². The summed E-state index contributed by atoms with van der Waals surface area (Å²) in [5.74, 6) is -2.30. The lowest BCUT2D eigenvalue weighted by Gasteiger charge is -2.51. The summed E-state index contributed by atoms with van der Waals surface area (Å²) in [5, 5.41) is 10.9. The van der Waals surface area contributed by atoms with Crippen molar-refractivity contribution in [1.29, 1.82) is 0 Å². The highest BCUT2D eigenvalue weighted by Crippen LogP contribution is 2.61. The Kier molecular flexibility index (Phi) is 13.5. The second-order valence-corrected chi connectivity index (χ2v) is 16.9. The van der Waals surface area contributed by atoms with Crippen LogP contribution >= 0.6 is 0 Å². The van der Waals surface area contributed by atoms with E-state index < -0.39 is 47.2 Å². The second kappa shape index (κ2) is 17.5. The normalized spacial score (nSPS) is 24.5. The van der Waals surface area contributed by atoms with E-state index in [0.717, 1.165) is 76.2 Å². The lowest BCUT2D eigenvalue weighted by Crippen LogP contribution is -2.46. The number of ether oxygens (including phenoxy) is 2. The van der Waals surface area contributed by atoms with E-state index in [4.69, 9.17) is 9.47 Å². The number of non-ortho nitro benzene ring substituents is 1. The van der Waals surface area contributed by atoms with Gasteiger partial charge >= 0.3 is 18.3 Å². The first-order valence-electron chi connectivity index (χ1n) is 18.7. The number of ketones is 1. The Labute approximate surface area is 309 Å². The fraction of sp³-hybridized carbons (Fsp3) is 0.641. The molecular formula is C39H48F5NO7S. The minimum Gasteiger partial charge on any atom is -0.616 e. The van der Waals surface area contributed by atoms with Crippen LogP contribution in [0.4, 0.5) is 32.4 Å². The molecule has 0 bridgehead atoms. The van der Waals surface area contributed by atoms with Gasteiger partial charge in [-0.25, -0.2) is 4.79 Å². The highest BCUT2D eigenvalue weighted by Gasteiger charge is 2.57. The maximum absolute atomic E-state index is 13.1. The van der Waals surface area contributed by atoms with Crippen LogP contribution in [0.1, 0.15) is 114 Å². The van der Waals surface area contributed by atoms with Crippen molar-refractivity contribution in [3.05, 3.63) is 63.7 Å². The fourth-order valence-corrected chi connectivity index (χ4v) is 10.2. The smallest absolute Gasteiger partial charge is 0.519 e. The summed E-state index contributed by atoms with van der Waals surface area (Å²) in [6.07, 6.45) is 3.40. The van der Waals surface area contributed by atoms with E-state index in [2.05, 4.69) is 6.92 Å². The van der Waals surface area contributed by atoms with Crippen LogP contribution in [0.25, 0.3) is 0 Å². The molecular weight excluding hydrogens is 721 g/mol. The van der Waals surface area contributed by atoms with Gasteiger partial charge in [0, 0.05) is 30.4 Å². The number of alkyl halides is 5. The molecule has 2 saturated carbocycles. The molecule has 6 atom stereocenters. The summed E-state index contributed by atoms with van der Waals surface area (Å²) >= 11 is -1.41. The van der Waals surface area contributed by atoms with Crippen molar-refractivity contribution >= 4 is 28.8 Å². The molecule has 2 aromatic carbocycles. The van der Waals surface area contributed by atoms with Crippen molar-refractivity contribution in [3.63, 3.8) is 0 Å². The summed E-state index contributed by atoms with van der Waals surface area (Å²) in [5.41, 5.74) is 1.99.